The zero-order valence-corrected chi connectivity index (χ0v) is 18.0. The highest BCUT2D eigenvalue weighted by molar-refractivity contribution is 6.70. The lowest BCUT2D eigenvalue weighted by Gasteiger charge is -2.60. The van der Waals surface area contributed by atoms with Gasteiger partial charge in [-0.25, -0.2) is 0 Å². The molecule has 4 rings (SSSR count). The van der Waals surface area contributed by atoms with Gasteiger partial charge in [-0.05, 0) is 106 Å². The second kappa shape index (κ2) is 5.86. The van der Waals surface area contributed by atoms with Gasteiger partial charge in [-0.15, -0.1) is 0 Å². The lowest BCUT2D eigenvalue weighted by atomic mass is 9.45. The minimum absolute atomic E-state index is 0.0339. The molecule has 7 atom stereocenters. The normalized spacial score (nSPS) is 49.7. The van der Waals surface area contributed by atoms with E-state index in [1.165, 1.54) is 44.3 Å². The van der Waals surface area contributed by atoms with Crippen LogP contribution < -0.4 is 0 Å². The second-order valence-electron chi connectivity index (χ2n) is 11.1. The Morgan fingerprint density at radius 3 is 2.52 bits per heavy atom. The largest absolute Gasteiger partial charge is 0.547 e. The van der Waals surface area contributed by atoms with E-state index >= 15 is 0 Å². The molecule has 0 aromatic carbocycles. The van der Waals surface area contributed by atoms with E-state index in [0.717, 1.165) is 36.5 Å². The summed E-state index contributed by atoms with van der Waals surface area (Å²) in [7, 11) is -1.54. The summed E-state index contributed by atoms with van der Waals surface area (Å²) in [6, 6.07) is 0. The van der Waals surface area contributed by atoms with Crippen LogP contribution in [0.3, 0.4) is 0 Å². The lowest BCUT2D eigenvalue weighted by Crippen LogP contribution is -2.53. The molecule has 0 aliphatic heterocycles. The summed E-state index contributed by atoms with van der Waals surface area (Å²) >= 11 is 0. The highest BCUT2D eigenvalue weighted by Gasteiger charge is 2.59. The molecule has 0 saturated heterocycles. The Morgan fingerprint density at radius 2 is 1.80 bits per heavy atom. The van der Waals surface area contributed by atoms with Crippen molar-refractivity contribution in [3.8, 4) is 0 Å². The molecule has 0 spiro atoms. The maximum Gasteiger partial charge on any atom is 0.241 e. The minimum Gasteiger partial charge on any atom is -0.547 e. The Morgan fingerprint density at radius 1 is 1.04 bits per heavy atom. The number of hydrogen-bond acceptors (Lipinski definition) is 2. The molecule has 4 aliphatic carbocycles. The number of hydrogen-bond donors (Lipinski definition) is 1. The highest BCUT2D eigenvalue weighted by Crippen LogP contribution is 2.66. The van der Waals surface area contributed by atoms with Crippen molar-refractivity contribution in [3.63, 3.8) is 0 Å². The molecule has 3 saturated carbocycles. The van der Waals surface area contributed by atoms with Crippen molar-refractivity contribution in [3.05, 3.63) is 11.8 Å². The third-order valence-electron chi connectivity index (χ3n) is 8.56. The molecule has 0 aromatic rings. The molecule has 0 aromatic heterocycles. The summed E-state index contributed by atoms with van der Waals surface area (Å²) in [6.45, 7) is 12.0. The summed E-state index contributed by atoms with van der Waals surface area (Å²) in [6.07, 6.45) is 12.4. The molecule has 0 bridgehead atoms. The van der Waals surface area contributed by atoms with Gasteiger partial charge < -0.3 is 9.53 Å². The Balaban J connectivity index is 1.57. The molecule has 0 radical (unpaired) electrons. The smallest absolute Gasteiger partial charge is 0.241 e. The second-order valence-corrected chi connectivity index (χ2v) is 15.5. The van der Waals surface area contributed by atoms with Crippen LogP contribution in [0, 0.1) is 34.5 Å². The van der Waals surface area contributed by atoms with Crippen molar-refractivity contribution in [1.82, 2.24) is 0 Å². The van der Waals surface area contributed by atoms with Gasteiger partial charge in [-0.2, -0.15) is 0 Å². The Hall–Kier alpha value is -0.283. The van der Waals surface area contributed by atoms with E-state index in [2.05, 4.69) is 39.6 Å². The predicted octanol–water partition coefficient (Wildman–Crippen LogP) is 5.74. The van der Waals surface area contributed by atoms with Crippen LogP contribution >= 0.6 is 0 Å². The van der Waals surface area contributed by atoms with Crippen LogP contribution in [0.1, 0.15) is 65.2 Å². The number of rotatable bonds is 2. The van der Waals surface area contributed by atoms with Crippen LogP contribution in [0.25, 0.3) is 0 Å². The van der Waals surface area contributed by atoms with Crippen LogP contribution in [0.5, 0.6) is 0 Å². The van der Waals surface area contributed by atoms with Crippen molar-refractivity contribution in [2.45, 2.75) is 91.0 Å². The molecule has 142 valence electrons. The first-order valence-electron chi connectivity index (χ1n) is 10.7. The Bertz CT molecular complexity index is 565. The standard InChI is InChI=1S/C22H38O2Si/c1-21-12-10-16(23)14-15(21)6-7-17-18-8-9-20(24-25(3,4)5)22(18,2)13-11-19(17)21/h9,15-19,23H,6-8,10-14H2,1-5H3/t15-,16-,17-,18-,19-,21-,22-/m0/s1. The molecule has 0 heterocycles. The fourth-order valence-corrected chi connectivity index (χ4v) is 8.23. The van der Waals surface area contributed by atoms with Gasteiger partial charge in [0, 0.05) is 5.41 Å². The van der Waals surface area contributed by atoms with Crippen LogP contribution in [-0.2, 0) is 4.43 Å². The number of allylic oxidation sites excluding steroid dienone is 2. The SMILES string of the molecule is C[C@]12CC[C@H](O)C[C@@H]1CC[C@@H]1[C@@H]2CC[C@]2(C)C(O[Si](C)(C)C)=CC[C@@H]12. The van der Waals surface area contributed by atoms with E-state index in [1.54, 1.807) is 0 Å². The van der Waals surface area contributed by atoms with Crippen LogP contribution in [0.4, 0.5) is 0 Å². The van der Waals surface area contributed by atoms with Gasteiger partial charge in [0.25, 0.3) is 0 Å². The monoisotopic (exact) mass is 362 g/mol. The van der Waals surface area contributed by atoms with Crippen molar-refractivity contribution in [2.75, 3.05) is 0 Å². The maximum absolute atomic E-state index is 10.2. The molecule has 25 heavy (non-hydrogen) atoms. The summed E-state index contributed by atoms with van der Waals surface area (Å²) in [5.41, 5.74) is 0.769. The van der Waals surface area contributed by atoms with Gasteiger partial charge in [0.2, 0.25) is 8.32 Å². The van der Waals surface area contributed by atoms with E-state index in [1.807, 2.05) is 0 Å². The predicted molar refractivity (Wildman–Crippen MR) is 106 cm³/mol. The molecular formula is C22H38O2Si. The van der Waals surface area contributed by atoms with Crippen molar-refractivity contribution < 1.29 is 9.53 Å². The van der Waals surface area contributed by atoms with E-state index in [0.29, 0.717) is 10.8 Å². The van der Waals surface area contributed by atoms with Crippen molar-refractivity contribution in [2.24, 2.45) is 34.5 Å². The fourth-order valence-electron chi connectivity index (χ4n) is 7.25. The summed E-state index contributed by atoms with van der Waals surface area (Å²) in [5, 5.41) is 10.2. The quantitative estimate of drug-likeness (QED) is 0.635. The van der Waals surface area contributed by atoms with Gasteiger partial charge in [-0.3, -0.25) is 0 Å². The molecule has 4 aliphatic rings. The van der Waals surface area contributed by atoms with Gasteiger partial charge >= 0.3 is 0 Å². The zero-order chi connectivity index (χ0) is 18.0. The molecule has 0 amide bonds. The Labute approximate surface area is 155 Å². The number of fused-ring (bicyclic) bond motifs is 5. The first-order valence-corrected chi connectivity index (χ1v) is 14.1. The molecule has 0 unspecified atom stereocenters. The third kappa shape index (κ3) is 2.84. The molecule has 3 heteroatoms. The average Bonchev–Trinajstić information content (AvgIpc) is 2.83. The third-order valence-corrected chi connectivity index (χ3v) is 9.40. The molecule has 1 N–H and O–H groups in total. The maximum atomic E-state index is 10.2. The van der Waals surface area contributed by atoms with Crippen LogP contribution in [0.2, 0.25) is 19.6 Å². The molecular weight excluding hydrogens is 324 g/mol. The Kier molecular flexibility index (Phi) is 4.24. The lowest BCUT2D eigenvalue weighted by molar-refractivity contribution is -0.121. The van der Waals surface area contributed by atoms with E-state index < -0.39 is 8.32 Å². The van der Waals surface area contributed by atoms with Gasteiger partial charge in [-0.1, -0.05) is 13.8 Å². The van der Waals surface area contributed by atoms with Gasteiger partial charge in [0.1, 0.15) is 0 Å². The first-order chi connectivity index (χ1) is 11.6. The summed E-state index contributed by atoms with van der Waals surface area (Å²) < 4.78 is 6.56. The summed E-state index contributed by atoms with van der Waals surface area (Å²) in [4.78, 5) is 0. The van der Waals surface area contributed by atoms with Gasteiger partial charge in [0.15, 0.2) is 0 Å². The van der Waals surface area contributed by atoms with Crippen molar-refractivity contribution in [1.29, 1.82) is 0 Å². The van der Waals surface area contributed by atoms with E-state index in [4.69, 9.17) is 4.43 Å². The van der Waals surface area contributed by atoms with E-state index in [-0.39, 0.29) is 6.10 Å². The molecule has 2 nitrogen and oxygen atoms in total. The summed E-state index contributed by atoms with van der Waals surface area (Å²) in [5.74, 6) is 4.64. The number of aliphatic hydroxyl groups is 1. The highest BCUT2D eigenvalue weighted by atomic mass is 28.4. The molecule has 3 fully saturated rings. The first kappa shape index (κ1) is 18.1. The fraction of sp³-hybridized carbons (Fsp3) is 0.909. The minimum atomic E-state index is -1.54. The zero-order valence-electron chi connectivity index (χ0n) is 17.0. The van der Waals surface area contributed by atoms with E-state index in [9.17, 15) is 5.11 Å². The number of aliphatic hydroxyl groups excluding tert-OH is 1. The average molecular weight is 363 g/mol. The van der Waals surface area contributed by atoms with Gasteiger partial charge in [0.05, 0.1) is 11.9 Å². The van der Waals surface area contributed by atoms with Crippen molar-refractivity contribution >= 4 is 8.32 Å². The topological polar surface area (TPSA) is 29.5 Å². The van der Waals surface area contributed by atoms with Crippen LogP contribution in [-0.4, -0.2) is 19.5 Å². The van der Waals surface area contributed by atoms with Crippen LogP contribution in [0.15, 0.2) is 11.8 Å².